The number of rotatable bonds is 4. The van der Waals surface area contributed by atoms with Crippen LogP contribution in [0.3, 0.4) is 0 Å². The second-order valence-corrected chi connectivity index (χ2v) is 5.51. The number of benzene rings is 2. The van der Waals surface area contributed by atoms with Crippen molar-refractivity contribution in [3.8, 4) is 22.8 Å². The molecule has 0 radical (unpaired) electrons. The van der Waals surface area contributed by atoms with Gasteiger partial charge in [-0.2, -0.15) is 9.61 Å². The second-order valence-electron chi connectivity index (χ2n) is 5.51. The number of phenols is 1. The fourth-order valence-corrected chi connectivity index (χ4v) is 2.69. The minimum atomic E-state index is 0.196. The van der Waals surface area contributed by atoms with Crippen LogP contribution in [0.1, 0.15) is 0 Å². The minimum absolute atomic E-state index is 0.196. The van der Waals surface area contributed by atoms with Crippen LogP contribution in [0.2, 0.25) is 0 Å². The summed E-state index contributed by atoms with van der Waals surface area (Å²) in [6.07, 6.45) is 1.71. The summed E-state index contributed by atoms with van der Waals surface area (Å²) >= 11 is 0. The quantitative estimate of drug-likeness (QED) is 0.594. The van der Waals surface area contributed by atoms with Gasteiger partial charge in [0.1, 0.15) is 11.5 Å². The highest BCUT2D eigenvalue weighted by Crippen LogP contribution is 2.29. The molecule has 0 aliphatic heterocycles. The predicted molar refractivity (Wildman–Crippen MR) is 96.4 cm³/mol. The Hall–Kier alpha value is -3.54. The van der Waals surface area contributed by atoms with Crippen molar-refractivity contribution in [3.05, 3.63) is 66.9 Å². The molecule has 124 valence electrons. The first-order valence-corrected chi connectivity index (χ1v) is 7.79. The molecular formula is C19H16N4O2. The van der Waals surface area contributed by atoms with Crippen LogP contribution in [0.25, 0.3) is 16.9 Å². The molecule has 0 amide bonds. The maximum Gasteiger partial charge on any atom is 0.155 e. The molecule has 6 nitrogen and oxygen atoms in total. The number of nitrogens with zero attached hydrogens (tertiary/aromatic N) is 3. The van der Waals surface area contributed by atoms with Gasteiger partial charge in [-0.15, -0.1) is 0 Å². The third-order valence-corrected chi connectivity index (χ3v) is 3.86. The van der Waals surface area contributed by atoms with Crippen molar-refractivity contribution < 1.29 is 9.84 Å². The van der Waals surface area contributed by atoms with Crippen LogP contribution in [0.5, 0.6) is 11.5 Å². The molecule has 0 atom stereocenters. The van der Waals surface area contributed by atoms with Gasteiger partial charge in [0.2, 0.25) is 0 Å². The Balaban J connectivity index is 1.77. The lowest BCUT2D eigenvalue weighted by Gasteiger charge is -2.09. The largest absolute Gasteiger partial charge is 0.508 e. The lowest BCUT2D eigenvalue weighted by molar-refractivity contribution is 0.416. The van der Waals surface area contributed by atoms with Gasteiger partial charge >= 0.3 is 0 Å². The Morgan fingerprint density at radius 2 is 1.92 bits per heavy atom. The molecule has 0 aliphatic rings. The number of para-hydroxylation sites is 1. The van der Waals surface area contributed by atoms with Gasteiger partial charge in [0.25, 0.3) is 0 Å². The van der Waals surface area contributed by atoms with E-state index in [4.69, 9.17) is 4.74 Å². The lowest BCUT2D eigenvalue weighted by atomic mass is 10.1. The van der Waals surface area contributed by atoms with Gasteiger partial charge in [-0.1, -0.05) is 18.2 Å². The van der Waals surface area contributed by atoms with E-state index >= 15 is 0 Å². The maximum absolute atomic E-state index is 9.61. The van der Waals surface area contributed by atoms with Crippen molar-refractivity contribution in [1.29, 1.82) is 0 Å². The SMILES string of the molecule is COc1ccccc1-c1ccc2ncc(Nc3cccc(O)c3)n2n1. The van der Waals surface area contributed by atoms with E-state index in [9.17, 15) is 5.11 Å². The number of aromatic nitrogens is 3. The zero-order valence-corrected chi connectivity index (χ0v) is 13.5. The summed E-state index contributed by atoms with van der Waals surface area (Å²) in [4.78, 5) is 4.36. The molecule has 4 aromatic rings. The zero-order valence-electron chi connectivity index (χ0n) is 13.5. The number of hydrogen-bond donors (Lipinski definition) is 2. The summed E-state index contributed by atoms with van der Waals surface area (Å²) in [5.41, 5.74) is 3.17. The van der Waals surface area contributed by atoms with Crippen molar-refractivity contribution in [2.75, 3.05) is 12.4 Å². The van der Waals surface area contributed by atoms with Gasteiger partial charge in [0, 0.05) is 17.3 Å². The van der Waals surface area contributed by atoms with Crippen molar-refractivity contribution in [2.24, 2.45) is 0 Å². The number of hydrogen-bond acceptors (Lipinski definition) is 5. The number of anilines is 2. The van der Waals surface area contributed by atoms with Crippen LogP contribution in [-0.2, 0) is 0 Å². The molecule has 4 rings (SSSR count). The number of imidazole rings is 1. The molecule has 2 N–H and O–H groups in total. The summed E-state index contributed by atoms with van der Waals surface area (Å²) in [7, 11) is 1.64. The topological polar surface area (TPSA) is 71.7 Å². The molecule has 2 aromatic carbocycles. The number of fused-ring (bicyclic) bond motifs is 1. The average Bonchev–Trinajstić information content (AvgIpc) is 3.04. The standard InChI is InChI=1S/C19H16N4O2/c1-25-17-8-3-2-7-15(17)16-9-10-18-20-12-19(23(18)22-16)21-13-5-4-6-14(24)11-13/h2-12,21,24H,1H3. The highest BCUT2D eigenvalue weighted by Gasteiger charge is 2.10. The fraction of sp³-hybridized carbons (Fsp3) is 0.0526. The van der Waals surface area contributed by atoms with Gasteiger partial charge in [-0.05, 0) is 36.4 Å². The molecule has 0 unspecified atom stereocenters. The number of phenolic OH excluding ortho intramolecular Hbond substituents is 1. The molecule has 6 heteroatoms. The predicted octanol–water partition coefficient (Wildman–Crippen LogP) is 3.85. The van der Waals surface area contributed by atoms with Gasteiger partial charge < -0.3 is 15.2 Å². The van der Waals surface area contributed by atoms with Gasteiger partial charge in [0.15, 0.2) is 11.5 Å². The van der Waals surface area contributed by atoms with Crippen LogP contribution >= 0.6 is 0 Å². The fourth-order valence-electron chi connectivity index (χ4n) is 2.69. The third-order valence-electron chi connectivity index (χ3n) is 3.86. The minimum Gasteiger partial charge on any atom is -0.508 e. The molecular weight excluding hydrogens is 316 g/mol. The van der Waals surface area contributed by atoms with Crippen LogP contribution in [0.15, 0.2) is 66.9 Å². The summed E-state index contributed by atoms with van der Waals surface area (Å²) in [5, 5.41) is 17.5. The Morgan fingerprint density at radius 3 is 2.76 bits per heavy atom. The maximum atomic E-state index is 9.61. The first kappa shape index (κ1) is 15.0. The van der Waals surface area contributed by atoms with E-state index in [1.807, 2.05) is 42.5 Å². The van der Waals surface area contributed by atoms with Gasteiger partial charge in [0.05, 0.1) is 19.0 Å². The Morgan fingerprint density at radius 1 is 1.04 bits per heavy atom. The third kappa shape index (κ3) is 2.85. The molecule has 0 bridgehead atoms. The summed E-state index contributed by atoms with van der Waals surface area (Å²) in [6, 6.07) is 18.5. The summed E-state index contributed by atoms with van der Waals surface area (Å²) < 4.78 is 7.15. The van der Waals surface area contributed by atoms with E-state index in [0.717, 1.165) is 28.3 Å². The number of nitrogens with one attached hydrogen (secondary N) is 1. The normalized spacial score (nSPS) is 10.8. The van der Waals surface area contributed by atoms with Crippen molar-refractivity contribution in [3.63, 3.8) is 0 Å². The molecule has 0 spiro atoms. The Kier molecular flexibility index (Phi) is 3.70. The average molecular weight is 332 g/mol. The molecule has 0 saturated carbocycles. The van der Waals surface area contributed by atoms with E-state index < -0.39 is 0 Å². The number of methoxy groups -OCH3 is 1. The highest BCUT2D eigenvalue weighted by atomic mass is 16.5. The number of aromatic hydroxyl groups is 1. The molecule has 0 saturated heterocycles. The molecule has 0 aliphatic carbocycles. The van der Waals surface area contributed by atoms with E-state index in [1.54, 1.807) is 36.0 Å². The summed E-state index contributed by atoms with van der Waals surface area (Å²) in [5.74, 6) is 1.66. The van der Waals surface area contributed by atoms with E-state index in [-0.39, 0.29) is 5.75 Å². The van der Waals surface area contributed by atoms with Crippen molar-refractivity contribution >= 4 is 17.2 Å². The number of ether oxygens (including phenoxy) is 1. The van der Waals surface area contributed by atoms with Gasteiger partial charge in [-0.25, -0.2) is 4.98 Å². The first-order chi connectivity index (χ1) is 12.2. The van der Waals surface area contributed by atoms with Crippen LogP contribution in [-0.4, -0.2) is 26.8 Å². The van der Waals surface area contributed by atoms with E-state index in [2.05, 4.69) is 15.4 Å². The second kappa shape index (κ2) is 6.16. The summed E-state index contributed by atoms with van der Waals surface area (Å²) in [6.45, 7) is 0. The molecule has 2 heterocycles. The first-order valence-electron chi connectivity index (χ1n) is 7.79. The van der Waals surface area contributed by atoms with Crippen molar-refractivity contribution in [1.82, 2.24) is 14.6 Å². The van der Waals surface area contributed by atoms with E-state index in [0.29, 0.717) is 5.82 Å². The smallest absolute Gasteiger partial charge is 0.155 e. The van der Waals surface area contributed by atoms with Crippen LogP contribution in [0, 0.1) is 0 Å². The molecule has 0 fully saturated rings. The molecule has 25 heavy (non-hydrogen) atoms. The van der Waals surface area contributed by atoms with Crippen LogP contribution < -0.4 is 10.1 Å². The lowest BCUT2D eigenvalue weighted by Crippen LogP contribution is -2.00. The Bertz CT molecular complexity index is 1040. The zero-order chi connectivity index (χ0) is 17.2. The highest BCUT2D eigenvalue weighted by molar-refractivity contribution is 5.69. The van der Waals surface area contributed by atoms with Crippen LogP contribution in [0.4, 0.5) is 11.5 Å². The van der Waals surface area contributed by atoms with Crippen molar-refractivity contribution in [2.45, 2.75) is 0 Å². The van der Waals surface area contributed by atoms with E-state index in [1.165, 1.54) is 0 Å². The monoisotopic (exact) mass is 332 g/mol. The Labute approximate surface area is 144 Å². The molecule has 2 aromatic heterocycles. The van der Waals surface area contributed by atoms with Gasteiger partial charge in [-0.3, -0.25) is 0 Å².